The maximum atomic E-state index is 12.6. The highest BCUT2D eigenvalue weighted by atomic mass is 16.5. The molecule has 161 valence electrons. The van der Waals surface area contributed by atoms with Gasteiger partial charge in [0, 0.05) is 11.1 Å². The number of Topliss-reactive ketones (excluding diaryl/α,β-unsaturated/α-hetero) is 1. The topological polar surface area (TPSA) is 43.4 Å². The number of ketones is 1. The average Bonchev–Trinajstić information content (AvgIpc) is 2.75. The van der Waals surface area contributed by atoms with Gasteiger partial charge >= 0.3 is 0 Å². The largest absolute Gasteiger partial charge is 0.365 e. The fourth-order valence-electron chi connectivity index (χ4n) is 3.33. The van der Waals surface area contributed by atoms with E-state index in [2.05, 4.69) is 13.8 Å². The highest BCUT2D eigenvalue weighted by Gasteiger charge is 2.22. The third kappa shape index (κ3) is 7.30. The number of aryl methyl sites for hydroxylation is 3. The second-order valence-corrected chi connectivity index (χ2v) is 8.12. The van der Waals surface area contributed by atoms with Crippen LogP contribution in [0.15, 0.2) is 72.8 Å². The molecule has 0 fully saturated rings. The zero-order valence-corrected chi connectivity index (χ0v) is 19.0. The number of hydrogen-bond acceptors (Lipinski definition) is 3. The van der Waals surface area contributed by atoms with E-state index in [0.29, 0.717) is 23.7 Å². The lowest BCUT2D eigenvalue weighted by atomic mass is 10.00. The third-order valence-electron chi connectivity index (χ3n) is 4.77. The number of ether oxygens (including phenoxy) is 1. The summed E-state index contributed by atoms with van der Waals surface area (Å²) in [5.74, 6) is 0.405. The van der Waals surface area contributed by atoms with E-state index >= 15 is 0 Å². The van der Waals surface area contributed by atoms with Gasteiger partial charge in [-0.05, 0) is 43.4 Å². The lowest BCUT2D eigenvalue weighted by molar-refractivity contribution is 0.0308. The molecule has 0 saturated carbocycles. The van der Waals surface area contributed by atoms with Crippen molar-refractivity contribution in [3.63, 3.8) is 0 Å². The van der Waals surface area contributed by atoms with Crippen LogP contribution in [0, 0.1) is 26.7 Å². The van der Waals surface area contributed by atoms with Crippen molar-refractivity contribution < 1.29 is 14.3 Å². The second kappa shape index (κ2) is 12.0. The molecule has 1 unspecified atom stereocenters. The summed E-state index contributed by atoms with van der Waals surface area (Å²) >= 11 is 0. The fourth-order valence-corrected chi connectivity index (χ4v) is 3.33. The third-order valence-corrected chi connectivity index (χ3v) is 4.77. The molecule has 3 rings (SSSR count). The molecular formula is C28H31O3. The van der Waals surface area contributed by atoms with Gasteiger partial charge in [-0.2, -0.15) is 0 Å². The minimum Gasteiger partial charge on any atom is -0.365 e. The molecule has 0 aromatic heterocycles. The lowest BCUT2D eigenvalue weighted by Crippen LogP contribution is -2.18. The molecule has 0 aliphatic heterocycles. The minimum absolute atomic E-state index is 0.0115. The summed E-state index contributed by atoms with van der Waals surface area (Å²) in [4.78, 5) is 23.1. The summed E-state index contributed by atoms with van der Waals surface area (Å²) in [5.41, 5.74) is 5.51. The Hall–Kier alpha value is -3.04. The Morgan fingerprint density at radius 1 is 0.871 bits per heavy atom. The predicted molar refractivity (Wildman–Crippen MR) is 126 cm³/mol. The molecule has 3 aromatic carbocycles. The summed E-state index contributed by atoms with van der Waals surface area (Å²) in [7, 11) is 0. The number of hydrogen-bond donors (Lipinski definition) is 0. The van der Waals surface area contributed by atoms with Crippen LogP contribution >= 0.6 is 0 Å². The maximum absolute atomic E-state index is 12.6. The smallest absolute Gasteiger partial charge is 0.234 e. The van der Waals surface area contributed by atoms with E-state index in [1.807, 2.05) is 99.9 Å². The molecule has 0 amide bonds. The van der Waals surface area contributed by atoms with Crippen LogP contribution in [0.5, 0.6) is 0 Å². The van der Waals surface area contributed by atoms with Crippen LogP contribution in [0.4, 0.5) is 0 Å². The molecule has 3 heteroatoms. The SMILES string of the molecule is CC(C)COC(C(=O)c1ccccc1)c1ccccc1.Cc1cc(C)c([C]=O)c(C)c1. The molecule has 0 bridgehead atoms. The Morgan fingerprint density at radius 2 is 1.39 bits per heavy atom. The Kier molecular flexibility index (Phi) is 9.36. The van der Waals surface area contributed by atoms with Crippen molar-refractivity contribution in [2.24, 2.45) is 5.92 Å². The molecule has 1 atom stereocenters. The number of carbonyl (C=O) groups is 1. The van der Waals surface area contributed by atoms with Crippen molar-refractivity contribution in [1.82, 2.24) is 0 Å². The van der Waals surface area contributed by atoms with E-state index in [1.165, 1.54) is 5.56 Å². The van der Waals surface area contributed by atoms with E-state index in [0.717, 1.165) is 16.7 Å². The van der Waals surface area contributed by atoms with Gasteiger partial charge < -0.3 is 4.74 Å². The minimum atomic E-state index is -0.527. The van der Waals surface area contributed by atoms with Gasteiger partial charge in [-0.1, -0.05) is 92.2 Å². The highest BCUT2D eigenvalue weighted by Crippen LogP contribution is 2.23. The van der Waals surface area contributed by atoms with Gasteiger partial charge in [-0.15, -0.1) is 0 Å². The van der Waals surface area contributed by atoms with E-state index < -0.39 is 6.10 Å². The highest BCUT2D eigenvalue weighted by molar-refractivity contribution is 6.00. The van der Waals surface area contributed by atoms with Crippen molar-refractivity contribution >= 4 is 12.1 Å². The predicted octanol–water partition coefficient (Wildman–Crippen LogP) is 6.35. The van der Waals surface area contributed by atoms with Crippen LogP contribution in [-0.2, 0) is 9.53 Å². The first-order chi connectivity index (χ1) is 14.8. The standard InChI is InChI=1S/C18H20O2.C10H11O/c1-14(2)13-20-18(16-11-7-4-8-12-16)17(19)15-9-5-3-6-10-15;1-7-4-8(2)10(6-11)9(3)5-7/h3-12,14,18H,13H2,1-2H3;4-5H,1-3H3. The van der Waals surface area contributed by atoms with Crippen LogP contribution < -0.4 is 0 Å². The average molecular weight is 416 g/mol. The Morgan fingerprint density at radius 3 is 1.87 bits per heavy atom. The molecule has 0 heterocycles. The van der Waals surface area contributed by atoms with Crippen LogP contribution in [0.3, 0.4) is 0 Å². The van der Waals surface area contributed by atoms with Crippen LogP contribution in [0.25, 0.3) is 0 Å². The first kappa shape index (κ1) is 24.2. The van der Waals surface area contributed by atoms with Gasteiger partial charge in [0.25, 0.3) is 0 Å². The van der Waals surface area contributed by atoms with E-state index in [4.69, 9.17) is 4.74 Å². The monoisotopic (exact) mass is 415 g/mol. The second-order valence-electron chi connectivity index (χ2n) is 8.12. The summed E-state index contributed by atoms with van der Waals surface area (Å²) < 4.78 is 5.86. The Labute approximate surface area is 186 Å². The lowest BCUT2D eigenvalue weighted by Gasteiger charge is -2.18. The molecule has 0 spiro atoms. The first-order valence-corrected chi connectivity index (χ1v) is 10.5. The molecule has 3 nitrogen and oxygen atoms in total. The quantitative estimate of drug-likeness (QED) is 0.422. The van der Waals surface area contributed by atoms with Crippen LogP contribution in [0.1, 0.15) is 58.1 Å². The normalized spacial score (nSPS) is 11.4. The Bertz CT molecular complexity index is 953. The zero-order valence-electron chi connectivity index (χ0n) is 19.0. The van der Waals surface area contributed by atoms with Gasteiger partial charge in [0.05, 0.1) is 6.61 Å². The molecule has 0 aliphatic rings. The van der Waals surface area contributed by atoms with E-state index in [-0.39, 0.29) is 5.78 Å². The van der Waals surface area contributed by atoms with Gasteiger partial charge in [-0.25, -0.2) is 0 Å². The molecule has 3 aromatic rings. The van der Waals surface area contributed by atoms with Crippen LogP contribution in [0.2, 0.25) is 0 Å². The number of benzene rings is 3. The van der Waals surface area contributed by atoms with E-state index in [1.54, 1.807) is 0 Å². The van der Waals surface area contributed by atoms with Crippen molar-refractivity contribution in [3.05, 3.63) is 106 Å². The van der Waals surface area contributed by atoms with Gasteiger partial charge in [0.15, 0.2) is 5.78 Å². The maximum Gasteiger partial charge on any atom is 0.234 e. The van der Waals surface area contributed by atoms with Crippen molar-refractivity contribution in [2.75, 3.05) is 6.61 Å². The molecular weight excluding hydrogens is 384 g/mol. The van der Waals surface area contributed by atoms with Crippen molar-refractivity contribution in [2.45, 2.75) is 40.7 Å². The molecule has 31 heavy (non-hydrogen) atoms. The van der Waals surface area contributed by atoms with Gasteiger partial charge in [0.2, 0.25) is 6.29 Å². The van der Waals surface area contributed by atoms with Crippen LogP contribution in [-0.4, -0.2) is 18.7 Å². The van der Waals surface area contributed by atoms with Gasteiger partial charge in [-0.3, -0.25) is 9.59 Å². The van der Waals surface area contributed by atoms with E-state index in [9.17, 15) is 9.59 Å². The molecule has 1 radical (unpaired) electrons. The number of rotatable bonds is 7. The summed E-state index contributed by atoms with van der Waals surface area (Å²) in [6, 6.07) is 23.0. The molecule has 0 aliphatic carbocycles. The zero-order chi connectivity index (χ0) is 22.8. The van der Waals surface area contributed by atoms with Crippen molar-refractivity contribution in [3.8, 4) is 0 Å². The summed E-state index contributed by atoms with van der Waals surface area (Å²) in [6.45, 7) is 10.6. The Balaban J connectivity index is 0.000000262. The number of carbonyl (C=O) groups excluding carboxylic acids is 2. The molecule has 0 N–H and O–H groups in total. The van der Waals surface area contributed by atoms with Crippen molar-refractivity contribution in [1.29, 1.82) is 0 Å². The summed E-state index contributed by atoms with van der Waals surface area (Å²) in [6.07, 6.45) is 1.41. The van der Waals surface area contributed by atoms with Gasteiger partial charge in [0.1, 0.15) is 6.10 Å². The summed E-state index contributed by atoms with van der Waals surface area (Å²) in [5, 5.41) is 0. The fraction of sp³-hybridized carbons (Fsp3) is 0.286. The first-order valence-electron chi connectivity index (χ1n) is 10.5. The molecule has 0 saturated heterocycles.